The molecule has 0 bridgehead atoms. The number of aryl methyl sites for hydroxylation is 3. The molecule has 0 aliphatic rings. The molecule has 0 aliphatic carbocycles. The number of carbonyl (C=O) groups excluding carboxylic acids is 1. The predicted octanol–water partition coefficient (Wildman–Crippen LogP) is 5.02. The van der Waals surface area contributed by atoms with Crippen molar-refractivity contribution in [3.05, 3.63) is 35.0 Å². The quantitative estimate of drug-likeness (QED) is 0.810. The Hall–Kier alpha value is -2.10. The fourth-order valence-electron chi connectivity index (χ4n) is 2.88. The first kappa shape index (κ1) is 18.2. The Labute approximate surface area is 145 Å². The summed E-state index contributed by atoms with van der Waals surface area (Å²) in [5.74, 6) is 0.0345. The van der Waals surface area contributed by atoms with Gasteiger partial charge in [-0.1, -0.05) is 57.9 Å². The summed E-state index contributed by atoms with van der Waals surface area (Å²) in [6.45, 7) is 12.5. The number of aromatic amines is 1. The van der Waals surface area contributed by atoms with E-state index in [4.69, 9.17) is 0 Å². The average molecular weight is 327 g/mol. The first-order valence-corrected chi connectivity index (χ1v) is 8.66. The van der Waals surface area contributed by atoms with Crippen LogP contribution in [0, 0.1) is 19.3 Å². The van der Waals surface area contributed by atoms with Gasteiger partial charge in [0.2, 0.25) is 5.91 Å². The fourth-order valence-corrected chi connectivity index (χ4v) is 2.88. The minimum atomic E-state index is -0.0430. The third-order valence-electron chi connectivity index (χ3n) is 3.93. The molecule has 0 aliphatic heterocycles. The summed E-state index contributed by atoms with van der Waals surface area (Å²) in [7, 11) is 0. The first-order valence-electron chi connectivity index (χ1n) is 8.66. The molecule has 2 N–H and O–H groups in total. The lowest BCUT2D eigenvalue weighted by molar-refractivity contribution is -0.117. The SMILES string of the molecule is CCCc1[nH]nc(-c2ccc(C)cc2C)c1NC(=O)CC(C)(C)C. The second-order valence-corrected chi connectivity index (χ2v) is 7.78. The van der Waals surface area contributed by atoms with E-state index in [1.54, 1.807) is 0 Å². The van der Waals surface area contributed by atoms with Crippen molar-refractivity contribution < 1.29 is 4.79 Å². The molecule has 4 nitrogen and oxygen atoms in total. The number of hydrogen-bond acceptors (Lipinski definition) is 2. The van der Waals surface area contributed by atoms with E-state index >= 15 is 0 Å². The van der Waals surface area contributed by atoms with Gasteiger partial charge in [-0.3, -0.25) is 9.89 Å². The average Bonchev–Trinajstić information content (AvgIpc) is 2.80. The van der Waals surface area contributed by atoms with Crippen LogP contribution in [0.25, 0.3) is 11.3 Å². The van der Waals surface area contributed by atoms with E-state index in [0.717, 1.165) is 41.0 Å². The van der Waals surface area contributed by atoms with Crippen molar-refractivity contribution >= 4 is 11.6 Å². The Kier molecular flexibility index (Phi) is 5.47. The summed E-state index contributed by atoms with van der Waals surface area (Å²) < 4.78 is 0. The maximum absolute atomic E-state index is 12.5. The predicted molar refractivity (Wildman–Crippen MR) is 100 cm³/mol. The third-order valence-corrected chi connectivity index (χ3v) is 3.93. The molecule has 0 unspecified atom stereocenters. The Morgan fingerprint density at radius 2 is 1.96 bits per heavy atom. The molecule has 2 aromatic rings. The van der Waals surface area contributed by atoms with Crippen LogP contribution in [-0.2, 0) is 11.2 Å². The second-order valence-electron chi connectivity index (χ2n) is 7.78. The molecule has 1 aromatic heterocycles. The van der Waals surface area contributed by atoms with Crippen molar-refractivity contribution in [1.29, 1.82) is 0 Å². The van der Waals surface area contributed by atoms with Gasteiger partial charge in [0, 0.05) is 12.0 Å². The number of benzene rings is 1. The lowest BCUT2D eigenvalue weighted by Gasteiger charge is -2.18. The topological polar surface area (TPSA) is 57.8 Å². The summed E-state index contributed by atoms with van der Waals surface area (Å²) in [4.78, 5) is 12.5. The van der Waals surface area contributed by atoms with Crippen molar-refractivity contribution in [1.82, 2.24) is 10.2 Å². The zero-order valence-electron chi connectivity index (χ0n) is 15.7. The van der Waals surface area contributed by atoms with Crippen LogP contribution in [0.4, 0.5) is 5.69 Å². The molecular formula is C20H29N3O. The standard InChI is InChI=1S/C20H29N3O/c1-7-8-16-19(21-17(24)12-20(4,5)6)18(23-22-16)15-10-9-13(2)11-14(15)3/h9-11H,7-8,12H2,1-6H3,(H,21,24)(H,22,23). The maximum Gasteiger partial charge on any atom is 0.225 e. The Balaban J connectivity index is 2.40. The number of aromatic nitrogens is 2. The number of amides is 1. The number of anilines is 1. The summed E-state index contributed by atoms with van der Waals surface area (Å²) in [6.07, 6.45) is 2.34. The molecule has 0 atom stereocenters. The summed E-state index contributed by atoms with van der Waals surface area (Å²) >= 11 is 0. The van der Waals surface area contributed by atoms with E-state index in [0.29, 0.717) is 6.42 Å². The van der Waals surface area contributed by atoms with Gasteiger partial charge in [0.05, 0.1) is 11.4 Å². The highest BCUT2D eigenvalue weighted by molar-refractivity contribution is 5.96. The molecule has 1 heterocycles. The van der Waals surface area contributed by atoms with E-state index in [1.807, 2.05) is 0 Å². The van der Waals surface area contributed by atoms with Gasteiger partial charge >= 0.3 is 0 Å². The normalized spacial score (nSPS) is 11.6. The van der Waals surface area contributed by atoms with E-state index in [-0.39, 0.29) is 11.3 Å². The minimum Gasteiger partial charge on any atom is -0.323 e. The molecule has 24 heavy (non-hydrogen) atoms. The van der Waals surface area contributed by atoms with Crippen LogP contribution in [0.5, 0.6) is 0 Å². The molecule has 0 radical (unpaired) electrons. The molecular weight excluding hydrogens is 298 g/mol. The van der Waals surface area contributed by atoms with Gasteiger partial charge in [-0.05, 0) is 31.2 Å². The molecule has 130 valence electrons. The summed E-state index contributed by atoms with van der Waals surface area (Å²) in [6, 6.07) is 6.30. The molecule has 0 saturated heterocycles. The summed E-state index contributed by atoms with van der Waals surface area (Å²) in [5.41, 5.74) is 6.06. The van der Waals surface area contributed by atoms with Gasteiger partial charge in [0.1, 0.15) is 5.69 Å². The van der Waals surface area contributed by atoms with Gasteiger partial charge in [-0.2, -0.15) is 5.10 Å². The van der Waals surface area contributed by atoms with Gasteiger partial charge < -0.3 is 5.32 Å². The zero-order valence-corrected chi connectivity index (χ0v) is 15.7. The monoisotopic (exact) mass is 327 g/mol. The van der Waals surface area contributed by atoms with Crippen LogP contribution in [0.2, 0.25) is 0 Å². The molecule has 0 spiro atoms. The largest absolute Gasteiger partial charge is 0.323 e. The fraction of sp³-hybridized carbons (Fsp3) is 0.500. The van der Waals surface area contributed by atoms with Crippen molar-refractivity contribution in [3.63, 3.8) is 0 Å². The van der Waals surface area contributed by atoms with Gasteiger partial charge in [0.15, 0.2) is 0 Å². The number of nitrogens with zero attached hydrogens (tertiary/aromatic N) is 1. The molecule has 0 fully saturated rings. The Morgan fingerprint density at radius 3 is 2.54 bits per heavy atom. The van der Waals surface area contributed by atoms with E-state index in [2.05, 4.69) is 75.3 Å². The van der Waals surface area contributed by atoms with Crippen LogP contribution in [0.3, 0.4) is 0 Å². The van der Waals surface area contributed by atoms with E-state index < -0.39 is 0 Å². The third kappa shape index (κ3) is 4.47. The van der Waals surface area contributed by atoms with Gasteiger partial charge in [0.25, 0.3) is 0 Å². The highest BCUT2D eigenvalue weighted by Gasteiger charge is 2.21. The Morgan fingerprint density at radius 1 is 1.25 bits per heavy atom. The maximum atomic E-state index is 12.5. The molecule has 1 aromatic carbocycles. The van der Waals surface area contributed by atoms with Crippen LogP contribution in [0.15, 0.2) is 18.2 Å². The van der Waals surface area contributed by atoms with Crippen LogP contribution in [0.1, 0.15) is 57.4 Å². The molecule has 0 saturated carbocycles. The highest BCUT2D eigenvalue weighted by Crippen LogP contribution is 2.33. The van der Waals surface area contributed by atoms with Crippen molar-refractivity contribution in [2.45, 2.75) is 60.8 Å². The van der Waals surface area contributed by atoms with E-state index in [1.165, 1.54) is 5.56 Å². The minimum absolute atomic E-state index is 0.0345. The second kappa shape index (κ2) is 7.20. The van der Waals surface area contributed by atoms with Crippen LogP contribution in [-0.4, -0.2) is 16.1 Å². The summed E-state index contributed by atoms with van der Waals surface area (Å²) in [5, 5.41) is 10.7. The first-order chi connectivity index (χ1) is 11.2. The van der Waals surface area contributed by atoms with Crippen molar-refractivity contribution in [2.75, 3.05) is 5.32 Å². The zero-order chi connectivity index (χ0) is 17.9. The number of hydrogen-bond donors (Lipinski definition) is 2. The molecule has 4 heteroatoms. The smallest absolute Gasteiger partial charge is 0.225 e. The van der Waals surface area contributed by atoms with Gasteiger partial charge in [-0.25, -0.2) is 0 Å². The van der Waals surface area contributed by atoms with Crippen LogP contribution >= 0.6 is 0 Å². The number of carbonyl (C=O) groups is 1. The van der Waals surface area contributed by atoms with Gasteiger partial charge in [-0.15, -0.1) is 0 Å². The van der Waals surface area contributed by atoms with E-state index in [9.17, 15) is 4.79 Å². The molecule has 1 amide bonds. The number of H-pyrrole nitrogens is 1. The van der Waals surface area contributed by atoms with Crippen molar-refractivity contribution in [3.8, 4) is 11.3 Å². The highest BCUT2D eigenvalue weighted by atomic mass is 16.1. The molecule has 2 rings (SSSR count). The lowest BCUT2D eigenvalue weighted by Crippen LogP contribution is -2.20. The van der Waals surface area contributed by atoms with Crippen molar-refractivity contribution in [2.24, 2.45) is 5.41 Å². The number of nitrogens with one attached hydrogen (secondary N) is 2. The Bertz CT molecular complexity index is 723. The lowest BCUT2D eigenvalue weighted by atomic mass is 9.92. The number of rotatable bonds is 5. The van der Waals surface area contributed by atoms with Crippen LogP contribution < -0.4 is 5.32 Å².